The molecular formula is C15H20O3. The molecular weight excluding hydrogens is 228 g/mol. The highest BCUT2D eigenvalue weighted by Gasteiger charge is 2.56. The lowest BCUT2D eigenvalue weighted by Gasteiger charge is -2.35. The number of carbonyl (C=O) groups excluding carboxylic acids is 1. The number of hydrogen-bond acceptors (Lipinski definition) is 3. The molecule has 0 radical (unpaired) electrons. The lowest BCUT2D eigenvalue weighted by atomic mass is 9.76. The van der Waals surface area contributed by atoms with Gasteiger partial charge in [0.15, 0.2) is 0 Å². The molecule has 0 unspecified atom stereocenters. The molecule has 3 heteroatoms. The summed E-state index contributed by atoms with van der Waals surface area (Å²) in [6, 6.07) is 0. The van der Waals surface area contributed by atoms with Gasteiger partial charge in [-0.05, 0) is 31.8 Å². The fourth-order valence-corrected chi connectivity index (χ4v) is 3.92. The first-order chi connectivity index (χ1) is 8.45. The number of aliphatic hydroxyl groups is 1. The third-order valence-corrected chi connectivity index (χ3v) is 5.15. The largest absolute Gasteiger partial charge is 0.461 e. The van der Waals surface area contributed by atoms with E-state index in [1.807, 2.05) is 13.8 Å². The Morgan fingerprint density at radius 3 is 3.00 bits per heavy atom. The molecule has 0 bridgehead atoms. The van der Waals surface area contributed by atoms with Gasteiger partial charge in [-0.1, -0.05) is 25.2 Å². The van der Waals surface area contributed by atoms with Crippen LogP contribution < -0.4 is 0 Å². The lowest BCUT2D eigenvalue weighted by molar-refractivity contribution is -0.147. The minimum absolute atomic E-state index is 0.0569. The predicted molar refractivity (Wildman–Crippen MR) is 67.7 cm³/mol. The van der Waals surface area contributed by atoms with E-state index in [4.69, 9.17) is 4.74 Å². The van der Waals surface area contributed by atoms with Gasteiger partial charge in [0.25, 0.3) is 0 Å². The van der Waals surface area contributed by atoms with Crippen molar-refractivity contribution in [2.24, 2.45) is 17.8 Å². The van der Waals surface area contributed by atoms with Gasteiger partial charge < -0.3 is 9.84 Å². The van der Waals surface area contributed by atoms with Crippen molar-refractivity contribution in [2.45, 2.75) is 44.8 Å². The van der Waals surface area contributed by atoms with Crippen LogP contribution in [0.5, 0.6) is 0 Å². The topological polar surface area (TPSA) is 46.5 Å². The van der Waals surface area contributed by atoms with Crippen molar-refractivity contribution in [3.8, 4) is 0 Å². The summed E-state index contributed by atoms with van der Waals surface area (Å²) in [4.78, 5) is 11.8. The van der Waals surface area contributed by atoms with Crippen molar-refractivity contribution >= 4 is 5.97 Å². The first-order valence-corrected chi connectivity index (χ1v) is 6.73. The molecule has 0 amide bonds. The second-order valence-corrected chi connectivity index (χ2v) is 6.05. The first kappa shape index (κ1) is 12.0. The van der Waals surface area contributed by atoms with Gasteiger partial charge in [-0.3, -0.25) is 4.79 Å². The Morgan fingerprint density at radius 2 is 2.28 bits per heavy atom. The maximum atomic E-state index is 11.8. The van der Waals surface area contributed by atoms with Crippen LogP contribution in [0.2, 0.25) is 0 Å². The Labute approximate surface area is 108 Å². The van der Waals surface area contributed by atoms with Crippen LogP contribution in [-0.4, -0.2) is 22.8 Å². The van der Waals surface area contributed by atoms with Crippen LogP contribution in [0.4, 0.5) is 0 Å². The molecule has 98 valence electrons. The molecule has 1 aliphatic heterocycles. The molecule has 5 atom stereocenters. The molecule has 0 aromatic rings. The SMILES string of the molecule is C=C1CC[C@@H]2[C@H](OC(=O)[C@H]2C)[C@H]2C(C)=CC[C@@]12O. The monoisotopic (exact) mass is 248 g/mol. The Kier molecular flexibility index (Phi) is 2.46. The normalized spacial score (nSPS) is 47.2. The Morgan fingerprint density at radius 1 is 1.56 bits per heavy atom. The maximum Gasteiger partial charge on any atom is 0.309 e. The van der Waals surface area contributed by atoms with Crippen LogP contribution in [0.15, 0.2) is 23.8 Å². The summed E-state index contributed by atoms with van der Waals surface area (Å²) in [6.07, 6.45) is 4.18. The number of carbonyl (C=O) groups is 1. The molecule has 2 fully saturated rings. The number of hydrogen-bond donors (Lipinski definition) is 1. The molecule has 3 aliphatic rings. The molecule has 1 saturated heterocycles. The van der Waals surface area contributed by atoms with E-state index >= 15 is 0 Å². The molecule has 1 heterocycles. The van der Waals surface area contributed by atoms with E-state index in [0.717, 1.165) is 24.0 Å². The zero-order valence-corrected chi connectivity index (χ0v) is 11.0. The highest BCUT2D eigenvalue weighted by molar-refractivity contribution is 5.75. The minimum Gasteiger partial charge on any atom is -0.461 e. The van der Waals surface area contributed by atoms with Gasteiger partial charge in [-0.2, -0.15) is 0 Å². The molecule has 1 saturated carbocycles. The summed E-state index contributed by atoms with van der Waals surface area (Å²) in [7, 11) is 0. The molecule has 0 aromatic carbocycles. The zero-order chi connectivity index (χ0) is 13.1. The summed E-state index contributed by atoms with van der Waals surface area (Å²) in [5.41, 5.74) is 1.14. The van der Waals surface area contributed by atoms with Gasteiger partial charge in [0, 0.05) is 5.92 Å². The maximum absolute atomic E-state index is 11.8. The third-order valence-electron chi connectivity index (χ3n) is 5.15. The Bertz CT molecular complexity index is 451. The van der Waals surface area contributed by atoms with Gasteiger partial charge in [0.05, 0.1) is 17.4 Å². The fraction of sp³-hybridized carbons (Fsp3) is 0.667. The van der Waals surface area contributed by atoms with Crippen LogP contribution in [0.1, 0.15) is 33.1 Å². The Hall–Kier alpha value is -1.09. The third kappa shape index (κ3) is 1.37. The molecule has 3 nitrogen and oxygen atoms in total. The van der Waals surface area contributed by atoms with E-state index in [9.17, 15) is 9.90 Å². The highest BCUT2D eigenvalue weighted by Crippen LogP contribution is 2.52. The van der Waals surface area contributed by atoms with Crippen molar-refractivity contribution in [1.29, 1.82) is 0 Å². The summed E-state index contributed by atoms with van der Waals surface area (Å²) in [6.45, 7) is 8.03. The van der Waals surface area contributed by atoms with E-state index in [1.165, 1.54) is 0 Å². The molecule has 0 aromatic heterocycles. The van der Waals surface area contributed by atoms with Crippen molar-refractivity contribution in [3.05, 3.63) is 23.8 Å². The first-order valence-electron chi connectivity index (χ1n) is 6.73. The second-order valence-electron chi connectivity index (χ2n) is 6.05. The lowest BCUT2D eigenvalue weighted by Crippen LogP contribution is -2.43. The van der Waals surface area contributed by atoms with Crippen LogP contribution in [-0.2, 0) is 9.53 Å². The molecule has 0 spiro atoms. The van der Waals surface area contributed by atoms with Gasteiger partial charge in [0.2, 0.25) is 0 Å². The van der Waals surface area contributed by atoms with E-state index in [1.54, 1.807) is 0 Å². The van der Waals surface area contributed by atoms with Crippen LogP contribution in [0, 0.1) is 17.8 Å². The summed E-state index contributed by atoms with van der Waals surface area (Å²) in [5.74, 6) is -0.0424. The van der Waals surface area contributed by atoms with Crippen molar-refractivity contribution in [2.75, 3.05) is 0 Å². The minimum atomic E-state index is -0.895. The van der Waals surface area contributed by atoms with E-state index in [0.29, 0.717) is 6.42 Å². The van der Waals surface area contributed by atoms with Crippen molar-refractivity contribution < 1.29 is 14.6 Å². The van der Waals surface area contributed by atoms with Crippen molar-refractivity contribution in [1.82, 2.24) is 0 Å². The second kappa shape index (κ2) is 3.70. The van der Waals surface area contributed by atoms with Gasteiger partial charge in [0.1, 0.15) is 6.10 Å². The zero-order valence-electron chi connectivity index (χ0n) is 11.0. The fourth-order valence-electron chi connectivity index (χ4n) is 3.92. The highest BCUT2D eigenvalue weighted by atomic mass is 16.6. The molecule has 3 rings (SSSR count). The predicted octanol–water partition coefficient (Wildman–Crippen LogP) is 2.21. The number of ether oxygens (including phenoxy) is 1. The van der Waals surface area contributed by atoms with Crippen molar-refractivity contribution in [3.63, 3.8) is 0 Å². The average molecular weight is 248 g/mol. The van der Waals surface area contributed by atoms with Crippen LogP contribution in [0.25, 0.3) is 0 Å². The quantitative estimate of drug-likeness (QED) is 0.528. The van der Waals surface area contributed by atoms with E-state index in [2.05, 4.69) is 12.7 Å². The summed E-state index contributed by atoms with van der Waals surface area (Å²) in [5, 5.41) is 10.9. The van der Waals surface area contributed by atoms with Crippen LogP contribution in [0.3, 0.4) is 0 Å². The molecule has 2 aliphatic carbocycles. The summed E-state index contributed by atoms with van der Waals surface area (Å²) < 4.78 is 5.57. The number of fused-ring (bicyclic) bond motifs is 3. The molecule has 18 heavy (non-hydrogen) atoms. The van der Waals surface area contributed by atoms with Crippen LogP contribution >= 0.6 is 0 Å². The van der Waals surface area contributed by atoms with E-state index in [-0.39, 0.29) is 29.8 Å². The number of rotatable bonds is 0. The summed E-state index contributed by atoms with van der Waals surface area (Å²) >= 11 is 0. The van der Waals surface area contributed by atoms with Gasteiger partial charge >= 0.3 is 5.97 Å². The smallest absolute Gasteiger partial charge is 0.309 e. The van der Waals surface area contributed by atoms with Gasteiger partial charge in [-0.25, -0.2) is 0 Å². The number of esters is 1. The van der Waals surface area contributed by atoms with E-state index < -0.39 is 5.60 Å². The average Bonchev–Trinajstić information content (AvgIpc) is 2.73. The standard InChI is InChI=1S/C15H20O3/c1-8-6-7-15(17)9(2)4-5-11-10(3)14(16)18-13(11)12(8)15/h6,10-13,17H,2,4-5,7H2,1,3H3/t10-,11-,12+,13-,15+/m0/s1. The van der Waals surface area contributed by atoms with Gasteiger partial charge in [-0.15, -0.1) is 0 Å². The Balaban J connectivity index is 2.04. The molecule has 1 N–H and O–H groups in total.